The minimum atomic E-state index is -3.70. The van der Waals surface area contributed by atoms with Gasteiger partial charge >= 0.3 is 0 Å². The molecule has 8 nitrogen and oxygen atoms in total. The van der Waals surface area contributed by atoms with Crippen LogP contribution in [0.4, 0.5) is 5.69 Å². The van der Waals surface area contributed by atoms with Crippen LogP contribution in [-0.2, 0) is 10.0 Å². The highest BCUT2D eigenvalue weighted by atomic mass is 79.9. The summed E-state index contributed by atoms with van der Waals surface area (Å²) in [5.74, 6) is -0.239. The predicted octanol–water partition coefficient (Wildman–Crippen LogP) is 3.75. The number of rotatable bonds is 7. The molecule has 0 saturated carbocycles. The van der Waals surface area contributed by atoms with E-state index in [2.05, 4.69) is 26.5 Å². The summed E-state index contributed by atoms with van der Waals surface area (Å²) in [6, 6.07) is 17.4. The van der Waals surface area contributed by atoms with Crippen LogP contribution in [-0.4, -0.2) is 39.8 Å². The Balaban J connectivity index is 1.69. The summed E-state index contributed by atoms with van der Waals surface area (Å²) in [5.41, 5.74) is 3.71. The number of methoxy groups -OCH3 is 1. The predicted molar refractivity (Wildman–Crippen MR) is 126 cm³/mol. The number of benzene rings is 3. The minimum Gasteiger partial charge on any atom is -0.503 e. The smallest absolute Gasteiger partial charge is 0.271 e. The first-order chi connectivity index (χ1) is 15.2. The van der Waals surface area contributed by atoms with E-state index in [4.69, 9.17) is 4.74 Å². The van der Waals surface area contributed by atoms with Crippen molar-refractivity contribution in [3.63, 3.8) is 0 Å². The molecule has 0 saturated heterocycles. The molecule has 0 aromatic heterocycles. The molecule has 0 aliphatic heterocycles. The Hall–Kier alpha value is -3.37. The fourth-order valence-corrected chi connectivity index (χ4v) is 4.44. The average Bonchev–Trinajstić information content (AvgIpc) is 2.81. The molecule has 0 heterocycles. The van der Waals surface area contributed by atoms with Gasteiger partial charge in [0.25, 0.3) is 15.9 Å². The van der Waals surface area contributed by atoms with Gasteiger partial charge in [0.05, 0.1) is 28.4 Å². The Morgan fingerprint density at radius 1 is 1.12 bits per heavy atom. The number of hydrogen-bond donors (Lipinski definition) is 2. The second kappa shape index (κ2) is 9.84. The Bertz CT molecular complexity index is 1250. The lowest BCUT2D eigenvalue weighted by molar-refractivity contribution is 0.0955. The third-order valence-corrected chi connectivity index (χ3v) is 6.95. The van der Waals surface area contributed by atoms with Crippen LogP contribution in [0.2, 0.25) is 0 Å². The normalized spacial score (nSPS) is 11.3. The molecule has 166 valence electrons. The second-order valence-corrected chi connectivity index (χ2v) is 9.41. The zero-order valence-electron chi connectivity index (χ0n) is 17.2. The molecule has 0 unspecified atom stereocenters. The van der Waals surface area contributed by atoms with E-state index in [9.17, 15) is 18.3 Å². The number of halogens is 1. The molecule has 3 rings (SSSR count). The van der Waals surface area contributed by atoms with Crippen LogP contribution >= 0.6 is 15.9 Å². The fourth-order valence-electron chi connectivity index (χ4n) is 2.77. The first-order valence-corrected chi connectivity index (χ1v) is 11.5. The minimum absolute atomic E-state index is 0.0342. The Morgan fingerprint density at radius 3 is 2.41 bits per heavy atom. The van der Waals surface area contributed by atoms with Gasteiger partial charge in [0.1, 0.15) is 0 Å². The summed E-state index contributed by atoms with van der Waals surface area (Å²) in [4.78, 5) is 12.5. The van der Waals surface area contributed by atoms with Crippen LogP contribution in [0.1, 0.15) is 15.9 Å². The van der Waals surface area contributed by atoms with Gasteiger partial charge in [-0.05, 0) is 70.0 Å². The lowest BCUT2D eigenvalue weighted by Gasteiger charge is -2.19. The number of phenols is 1. The number of phenolic OH excluding ortho intramolecular Hbond substituents is 1. The van der Waals surface area contributed by atoms with Crippen molar-refractivity contribution in [2.45, 2.75) is 4.90 Å². The van der Waals surface area contributed by atoms with Gasteiger partial charge in [0, 0.05) is 12.6 Å². The van der Waals surface area contributed by atoms with Gasteiger partial charge in [-0.15, -0.1) is 0 Å². The third-order valence-electron chi connectivity index (χ3n) is 4.55. The standard InChI is InChI=1S/C22H20BrN3O5S/c1-26(32(29,30)18-6-4-3-5-7-18)17-10-8-16(9-11-17)22(28)25-24-14-15-12-19(23)21(27)20(13-15)31-2/h3-14,27H,1-2H3,(H,25,28)/b24-14-. The van der Waals surface area contributed by atoms with Crippen LogP contribution < -0.4 is 14.5 Å². The number of sulfonamides is 1. The van der Waals surface area contributed by atoms with Crippen molar-refractivity contribution in [3.05, 3.63) is 82.3 Å². The molecule has 0 fully saturated rings. The van der Waals surface area contributed by atoms with Crippen molar-refractivity contribution >= 4 is 43.8 Å². The van der Waals surface area contributed by atoms with Gasteiger partial charge in [0.2, 0.25) is 0 Å². The van der Waals surface area contributed by atoms with E-state index in [0.717, 1.165) is 4.31 Å². The number of nitrogens with zero attached hydrogens (tertiary/aromatic N) is 2. The molecule has 0 radical (unpaired) electrons. The SMILES string of the molecule is COc1cc(/C=N\NC(=O)c2ccc(N(C)S(=O)(=O)c3ccccc3)cc2)cc(Br)c1O. The molecule has 0 spiro atoms. The van der Waals surface area contributed by atoms with Crippen molar-refractivity contribution in [2.75, 3.05) is 18.5 Å². The number of hydrogen-bond acceptors (Lipinski definition) is 6. The summed E-state index contributed by atoms with van der Waals surface area (Å²) in [7, 11) is -0.828. The molecule has 3 aromatic rings. The van der Waals surface area contributed by atoms with Gasteiger partial charge in [-0.2, -0.15) is 5.10 Å². The van der Waals surface area contributed by atoms with Crippen molar-refractivity contribution in [1.82, 2.24) is 5.43 Å². The fraction of sp³-hybridized carbons (Fsp3) is 0.0909. The lowest BCUT2D eigenvalue weighted by Crippen LogP contribution is -2.26. The Kier molecular flexibility index (Phi) is 7.16. The molecule has 0 atom stereocenters. The number of hydrazone groups is 1. The first kappa shape index (κ1) is 23.3. The van der Waals surface area contributed by atoms with Gasteiger partial charge in [0.15, 0.2) is 11.5 Å². The van der Waals surface area contributed by atoms with Gasteiger partial charge in [-0.25, -0.2) is 13.8 Å². The Labute approximate surface area is 194 Å². The zero-order chi connectivity index (χ0) is 23.3. The highest BCUT2D eigenvalue weighted by molar-refractivity contribution is 9.10. The number of amides is 1. The van der Waals surface area contributed by atoms with Gasteiger partial charge < -0.3 is 9.84 Å². The number of aromatic hydroxyl groups is 1. The number of carbonyl (C=O) groups excluding carboxylic acids is 1. The monoisotopic (exact) mass is 517 g/mol. The van der Waals surface area contributed by atoms with E-state index in [1.807, 2.05) is 0 Å². The quantitative estimate of drug-likeness (QED) is 0.366. The Morgan fingerprint density at radius 2 is 1.78 bits per heavy atom. The third kappa shape index (κ3) is 5.09. The van der Waals surface area contributed by atoms with E-state index < -0.39 is 15.9 Å². The number of nitrogens with one attached hydrogen (secondary N) is 1. The highest BCUT2D eigenvalue weighted by Crippen LogP contribution is 2.34. The molecule has 1 amide bonds. The molecule has 0 bridgehead atoms. The second-order valence-electron chi connectivity index (χ2n) is 6.59. The molecule has 0 aliphatic rings. The van der Waals surface area contributed by atoms with Gasteiger partial charge in [-0.3, -0.25) is 9.10 Å². The van der Waals surface area contributed by atoms with E-state index in [1.165, 1.54) is 44.6 Å². The molecule has 0 aliphatic carbocycles. The summed E-state index contributed by atoms with van der Waals surface area (Å²) >= 11 is 3.22. The molecule has 10 heteroatoms. The number of carbonyl (C=O) groups is 1. The van der Waals surface area contributed by atoms with Crippen molar-refractivity contribution < 1.29 is 23.1 Å². The van der Waals surface area contributed by atoms with Crippen LogP contribution in [0.25, 0.3) is 0 Å². The molecular weight excluding hydrogens is 498 g/mol. The molecule has 2 N–H and O–H groups in total. The van der Waals surface area contributed by atoms with E-state index in [-0.39, 0.29) is 16.4 Å². The summed E-state index contributed by atoms with van der Waals surface area (Å²) < 4.78 is 32.1. The summed E-state index contributed by atoms with van der Waals surface area (Å²) in [6.07, 6.45) is 1.40. The number of ether oxygens (including phenoxy) is 1. The van der Waals surface area contributed by atoms with Crippen molar-refractivity contribution in [2.24, 2.45) is 5.10 Å². The topological polar surface area (TPSA) is 108 Å². The summed E-state index contributed by atoms with van der Waals surface area (Å²) in [5, 5.41) is 13.7. The van der Waals surface area contributed by atoms with Crippen molar-refractivity contribution in [1.29, 1.82) is 0 Å². The van der Waals surface area contributed by atoms with Crippen LogP contribution in [0.3, 0.4) is 0 Å². The van der Waals surface area contributed by atoms with E-state index in [1.54, 1.807) is 42.5 Å². The lowest BCUT2D eigenvalue weighted by atomic mass is 10.2. The number of anilines is 1. The van der Waals surface area contributed by atoms with Gasteiger partial charge in [-0.1, -0.05) is 18.2 Å². The summed E-state index contributed by atoms with van der Waals surface area (Å²) in [6.45, 7) is 0. The average molecular weight is 518 g/mol. The maximum Gasteiger partial charge on any atom is 0.271 e. The maximum absolute atomic E-state index is 12.7. The molecule has 32 heavy (non-hydrogen) atoms. The zero-order valence-corrected chi connectivity index (χ0v) is 19.6. The van der Waals surface area contributed by atoms with Crippen LogP contribution in [0.5, 0.6) is 11.5 Å². The largest absolute Gasteiger partial charge is 0.503 e. The molecule has 3 aromatic carbocycles. The van der Waals surface area contributed by atoms with Crippen LogP contribution in [0, 0.1) is 0 Å². The van der Waals surface area contributed by atoms with E-state index in [0.29, 0.717) is 21.3 Å². The highest BCUT2D eigenvalue weighted by Gasteiger charge is 2.21. The van der Waals surface area contributed by atoms with Crippen molar-refractivity contribution in [3.8, 4) is 11.5 Å². The molecular formula is C22H20BrN3O5S. The van der Waals surface area contributed by atoms with Crippen LogP contribution in [0.15, 0.2) is 81.2 Å². The van der Waals surface area contributed by atoms with E-state index >= 15 is 0 Å². The first-order valence-electron chi connectivity index (χ1n) is 9.28. The maximum atomic E-state index is 12.7.